The predicted octanol–water partition coefficient (Wildman–Crippen LogP) is 2.23. The summed E-state index contributed by atoms with van der Waals surface area (Å²) in [7, 11) is 0. The topological polar surface area (TPSA) is 37.3 Å². The summed E-state index contributed by atoms with van der Waals surface area (Å²) in [5, 5.41) is 8.43. The van der Waals surface area contributed by atoms with Gasteiger partial charge in [-0.1, -0.05) is 39.5 Å². The van der Waals surface area contributed by atoms with Gasteiger partial charge in [-0.25, -0.2) is 4.79 Å². The first kappa shape index (κ1) is 9.95. The van der Waals surface area contributed by atoms with Crippen LogP contribution in [0.2, 0.25) is 0 Å². The van der Waals surface area contributed by atoms with Gasteiger partial charge in [0, 0.05) is 0 Å². The van der Waals surface area contributed by atoms with Crippen molar-refractivity contribution in [3.8, 4) is 0 Å². The Bertz CT molecular complexity index is 194. The third-order valence-corrected chi connectivity index (χ3v) is 1.06. The first-order valence-electron chi connectivity index (χ1n) is 3.44. The summed E-state index contributed by atoms with van der Waals surface area (Å²) in [6.45, 7) is 9.37. The zero-order valence-electron chi connectivity index (χ0n) is 7.22. The summed E-state index contributed by atoms with van der Waals surface area (Å²) in [4.78, 5) is 10.3. The van der Waals surface area contributed by atoms with Gasteiger partial charge >= 0.3 is 5.97 Å². The Balaban J connectivity index is 4.16. The van der Waals surface area contributed by atoms with E-state index in [1.165, 1.54) is 6.08 Å². The lowest BCUT2D eigenvalue weighted by Crippen LogP contribution is -2.01. The summed E-state index contributed by atoms with van der Waals surface area (Å²) >= 11 is 0. The van der Waals surface area contributed by atoms with E-state index in [0.717, 1.165) is 0 Å². The summed E-state index contributed by atoms with van der Waals surface area (Å²) < 4.78 is 0. The third kappa shape index (κ3) is 5.40. The van der Waals surface area contributed by atoms with Crippen LogP contribution in [-0.2, 0) is 4.79 Å². The van der Waals surface area contributed by atoms with Crippen molar-refractivity contribution in [3.63, 3.8) is 0 Å². The monoisotopic (exact) mass is 154 g/mol. The molecule has 0 amide bonds. The fourth-order valence-electron chi connectivity index (χ4n) is 0.422. The molecule has 0 saturated carbocycles. The zero-order chi connectivity index (χ0) is 9.07. The smallest absolute Gasteiger partial charge is 0.335 e. The Kier molecular flexibility index (Phi) is 3.05. The number of hydrogen-bond donors (Lipinski definition) is 1. The fraction of sp³-hybridized carbons (Fsp3) is 0.444. The van der Waals surface area contributed by atoms with Crippen molar-refractivity contribution in [1.82, 2.24) is 0 Å². The highest BCUT2D eigenvalue weighted by Gasteiger charge is 2.05. The van der Waals surface area contributed by atoms with Crippen molar-refractivity contribution < 1.29 is 9.90 Å². The maximum Gasteiger partial charge on any atom is 0.335 e. The molecule has 0 fully saturated rings. The van der Waals surface area contributed by atoms with E-state index in [1.54, 1.807) is 0 Å². The van der Waals surface area contributed by atoms with Gasteiger partial charge in [-0.05, 0) is 5.41 Å². The van der Waals surface area contributed by atoms with Crippen molar-refractivity contribution in [3.05, 3.63) is 24.3 Å². The van der Waals surface area contributed by atoms with Crippen LogP contribution in [0.5, 0.6) is 0 Å². The molecule has 0 aromatic rings. The second kappa shape index (κ2) is 3.37. The molecule has 2 nitrogen and oxygen atoms in total. The van der Waals surface area contributed by atoms with E-state index >= 15 is 0 Å². The van der Waals surface area contributed by atoms with Crippen LogP contribution in [0.15, 0.2) is 24.3 Å². The minimum absolute atomic E-state index is 0.0123. The molecule has 0 aliphatic rings. The lowest BCUT2D eigenvalue weighted by molar-refractivity contribution is -0.132. The molecule has 2 heteroatoms. The van der Waals surface area contributed by atoms with Gasteiger partial charge in [-0.2, -0.15) is 0 Å². The average molecular weight is 154 g/mol. The lowest BCUT2D eigenvalue weighted by Gasteiger charge is -2.10. The molecule has 11 heavy (non-hydrogen) atoms. The Morgan fingerprint density at radius 2 is 1.91 bits per heavy atom. The highest BCUT2D eigenvalue weighted by molar-refractivity contribution is 5.88. The van der Waals surface area contributed by atoms with Crippen LogP contribution < -0.4 is 0 Å². The molecule has 1 N–H and O–H groups in total. The van der Waals surface area contributed by atoms with Gasteiger partial charge in [0.2, 0.25) is 0 Å². The van der Waals surface area contributed by atoms with Gasteiger partial charge in [0.1, 0.15) is 0 Å². The maximum absolute atomic E-state index is 10.3. The molecule has 0 unspecified atom stereocenters. The molecule has 0 aromatic heterocycles. The first-order valence-corrected chi connectivity index (χ1v) is 3.44. The molecule has 62 valence electrons. The molecule has 0 bridgehead atoms. The standard InChI is InChI=1S/C9H14O2/c1-7(8(10)11)5-6-9(2,3)4/h5-6H,1H2,2-4H3,(H,10,11). The molecule has 0 aliphatic carbocycles. The van der Waals surface area contributed by atoms with Crippen molar-refractivity contribution in [1.29, 1.82) is 0 Å². The van der Waals surface area contributed by atoms with Crippen LogP contribution in [0, 0.1) is 5.41 Å². The third-order valence-electron chi connectivity index (χ3n) is 1.06. The summed E-state index contributed by atoms with van der Waals surface area (Å²) in [6.07, 6.45) is 3.35. The second-order valence-electron chi connectivity index (χ2n) is 3.53. The van der Waals surface area contributed by atoms with Crippen molar-refractivity contribution in [2.45, 2.75) is 20.8 Å². The Hall–Kier alpha value is -1.05. The lowest BCUT2D eigenvalue weighted by atomic mass is 9.95. The normalized spacial score (nSPS) is 11.9. The molecule has 0 saturated heterocycles. The highest BCUT2D eigenvalue weighted by Crippen LogP contribution is 2.15. The summed E-state index contributed by atoms with van der Waals surface area (Å²) in [5.41, 5.74) is 0.137. The molecule has 0 radical (unpaired) electrons. The van der Waals surface area contributed by atoms with Gasteiger partial charge in [0.15, 0.2) is 0 Å². The molecular weight excluding hydrogens is 140 g/mol. The van der Waals surface area contributed by atoms with E-state index in [9.17, 15) is 4.79 Å². The first-order chi connectivity index (χ1) is 4.83. The molecule has 0 aromatic carbocycles. The summed E-state index contributed by atoms with van der Waals surface area (Å²) in [6, 6.07) is 0. The van der Waals surface area contributed by atoms with Crippen molar-refractivity contribution in [2.75, 3.05) is 0 Å². The average Bonchev–Trinajstić information content (AvgIpc) is 1.80. The number of carbonyl (C=O) groups is 1. The van der Waals surface area contributed by atoms with Crippen LogP contribution in [0.3, 0.4) is 0 Å². The van der Waals surface area contributed by atoms with Crippen LogP contribution >= 0.6 is 0 Å². The minimum Gasteiger partial charge on any atom is -0.478 e. The van der Waals surface area contributed by atoms with Crippen LogP contribution in [0.25, 0.3) is 0 Å². The number of carboxylic acids is 1. The number of hydrogen-bond acceptors (Lipinski definition) is 1. The van der Waals surface area contributed by atoms with E-state index in [2.05, 4.69) is 6.58 Å². The van der Waals surface area contributed by atoms with Gasteiger partial charge < -0.3 is 5.11 Å². The van der Waals surface area contributed by atoms with E-state index < -0.39 is 5.97 Å². The number of allylic oxidation sites excluding steroid dienone is 1. The minimum atomic E-state index is -0.967. The van der Waals surface area contributed by atoms with Gasteiger partial charge in [0.05, 0.1) is 5.57 Å². The second-order valence-corrected chi connectivity index (χ2v) is 3.53. The van der Waals surface area contributed by atoms with E-state index in [0.29, 0.717) is 0 Å². The number of aliphatic carboxylic acids is 1. The quantitative estimate of drug-likeness (QED) is 0.489. The molecule has 0 rings (SSSR count). The van der Waals surface area contributed by atoms with Crippen molar-refractivity contribution in [2.24, 2.45) is 5.41 Å². The van der Waals surface area contributed by atoms with Crippen LogP contribution in [0.1, 0.15) is 20.8 Å². The SMILES string of the molecule is C=C(C=CC(C)(C)C)C(=O)O. The number of rotatable bonds is 2. The van der Waals surface area contributed by atoms with Crippen LogP contribution in [-0.4, -0.2) is 11.1 Å². The highest BCUT2D eigenvalue weighted by atomic mass is 16.4. The summed E-state index contributed by atoms with van der Waals surface area (Å²) in [5.74, 6) is -0.967. The largest absolute Gasteiger partial charge is 0.478 e. The Labute approximate surface area is 67.2 Å². The predicted molar refractivity (Wildman–Crippen MR) is 45.4 cm³/mol. The molecule has 0 spiro atoms. The fourth-order valence-corrected chi connectivity index (χ4v) is 0.422. The number of carboxylic acid groups (broad SMARTS) is 1. The van der Waals surface area contributed by atoms with Crippen molar-refractivity contribution >= 4 is 5.97 Å². The Morgan fingerprint density at radius 3 is 2.18 bits per heavy atom. The van der Waals surface area contributed by atoms with Gasteiger partial charge in [-0.15, -0.1) is 0 Å². The zero-order valence-corrected chi connectivity index (χ0v) is 7.22. The van der Waals surface area contributed by atoms with E-state index in [4.69, 9.17) is 5.11 Å². The molecular formula is C9H14O2. The van der Waals surface area contributed by atoms with Gasteiger partial charge in [-0.3, -0.25) is 0 Å². The molecule has 0 atom stereocenters. The van der Waals surface area contributed by atoms with E-state index in [-0.39, 0.29) is 11.0 Å². The molecule has 0 aliphatic heterocycles. The van der Waals surface area contributed by atoms with Crippen LogP contribution in [0.4, 0.5) is 0 Å². The molecule has 0 heterocycles. The Morgan fingerprint density at radius 1 is 1.45 bits per heavy atom. The van der Waals surface area contributed by atoms with E-state index in [1.807, 2.05) is 26.8 Å². The van der Waals surface area contributed by atoms with Gasteiger partial charge in [0.25, 0.3) is 0 Å². The maximum atomic E-state index is 10.3.